The fourth-order valence-electron chi connectivity index (χ4n) is 1.84. The van der Waals surface area contributed by atoms with Crippen molar-refractivity contribution in [3.8, 4) is 0 Å². The predicted octanol–water partition coefficient (Wildman–Crippen LogP) is 2.24. The summed E-state index contributed by atoms with van der Waals surface area (Å²) in [6, 6.07) is 8.82. The van der Waals surface area contributed by atoms with Crippen LogP contribution in [0.2, 0.25) is 0 Å². The van der Waals surface area contributed by atoms with Gasteiger partial charge in [0.15, 0.2) is 0 Å². The van der Waals surface area contributed by atoms with Gasteiger partial charge in [-0.25, -0.2) is 4.39 Å². The number of hydrogen-bond acceptors (Lipinski definition) is 3. The number of nitrogens with zero attached hydrogens (tertiary/aromatic N) is 2. The van der Waals surface area contributed by atoms with Crippen molar-refractivity contribution in [2.75, 3.05) is 18.9 Å². The monoisotopic (exact) mass is 301 g/mol. The Morgan fingerprint density at radius 1 is 1.18 bits per heavy atom. The molecular formula is C16H16FN3O2. The summed E-state index contributed by atoms with van der Waals surface area (Å²) < 4.78 is 12.8. The molecule has 0 radical (unpaired) electrons. The first-order chi connectivity index (χ1) is 10.5. The molecule has 0 fully saturated rings. The first-order valence-electron chi connectivity index (χ1n) is 6.69. The second-order valence-corrected chi connectivity index (χ2v) is 4.90. The minimum Gasteiger partial charge on any atom is -0.332 e. The molecule has 114 valence electrons. The van der Waals surface area contributed by atoms with Gasteiger partial charge in [0.25, 0.3) is 5.91 Å². The molecule has 0 bridgehead atoms. The van der Waals surface area contributed by atoms with Gasteiger partial charge in [-0.15, -0.1) is 0 Å². The highest BCUT2D eigenvalue weighted by Crippen LogP contribution is 2.08. The number of halogens is 1. The number of carbonyl (C=O) groups excluding carboxylic acids is 2. The third-order valence-corrected chi connectivity index (χ3v) is 3.01. The zero-order valence-corrected chi connectivity index (χ0v) is 12.3. The summed E-state index contributed by atoms with van der Waals surface area (Å²) in [5.74, 6) is -1.03. The number of pyridine rings is 1. The van der Waals surface area contributed by atoms with Gasteiger partial charge in [-0.2, -0.15) is 0 Å². The van der Waals surface area contributed by atoms with Crippen LogP contribution in [0.4, 0.5) is 10.1 Å². The second-order valence-electron chi connectivity index (χ2n) is 4.90. The lowest BCUT2D eigenvalue weighted by Crippen LogP contribution is -2.35. The smallest absolute Gasteiger partial charge is 0.255 e. The highest BCUT2D eigenvalue weighted by Gasteiger charge is 2.15. The Bertz CT molecular complexity index is 669. The van der Waals surface area contributed by atoms with Crippen molar-refractivity contribution < 1.29 is 14.0 Å². The average molecular weight is 301 g/mol. The molecule has 0 aliphatic carbocycles. The molecule has 0 saturated heterocycles. The summed E-state index contributed by atoms with van der Waals surface area (Å²) in [6.45, 7) is 1.72. The van der Waals surface area contributed by atoms with E-state index in [1.807, 2.05) is 6.92 Å². The van der Waals surface area contributed by atoms with Crippen LogP contribution < -0.4 is 5.32 Å². The molecule has 2 rings (SSSR count). The van der Waals surface area contributed by atoms with Gasteiger partial charge in [-0.05, 0) is 43.3 Å². The Morgan fingerprint density at radius 2 is 1.86 bits per heavy atom. The standard InChI is InChI=1S/C16H16FN3O2/c1-11-3-4-12(9-18-11)16(22)20(2)10-15(21)19-14-7-5-13(17)6-8-14/h3-9H,10H2,1-2H3,(H,19,21). The van der Waals surface area contributed by atoms with Crippen molar-refractivity contribution in [3.05, 3.63) is 59.7 Å². The highest BCUT2D eigenvalue weighted by atomic mass is 19.1. The van der Waals surface area contributed by atoms with E-state index in [-0.39, 0.29) is 24.2 Å². The number of aromatic nitrogens is 1. The van der Waals surface area contributed by atoms with E-state index in [0.717, 1.165) is 5.69 Å². The molecule has 0 spiro atoms. The van der Waals surface area contributed by atoms with E-state index in [4.69, 9.17) is 0 Å². The van der Waals surface area contributed by atoms with Gasteiger partial charge in [0.05, 0.1) is 12.1 Å². The first-order valence-corrected chi connectivity index (χ1v) is 6.69. The van der Waals surface area contributed by atoms with Crippen LogP contribution >= 0.6 is 0 Å². The van der Waals surface area contributed by atoms with Crippen LogP contribution in [0.1, 0.15) is 16.1 Å². The van der Waals surface area contributed by atoms with Crippen LogP contribution in [-0.2, 0) is 4.79 Å². The summed E-state index contributed by atoms with van der Waals surface area (Å²) in [4.78, 5) is 29.4. The lowest BCUT2D eigenvalue weighted by molar-refractivity contribution is -0.116. The number of hydrogen-bond donors (Lipinski definition) is 1. The zero-order valence-electron chi connectivity index (χ0n) is 12.3. The minimum atomic E-state index is -0.378. The molecule has 6 heteroatoms. The fourth-order valence-corrected chi connectivity index (χ4v) is 1.84. The number of likely N-dealkylation sites (N-methyl/N-ethyl adjacent to an activating group) is 1. The lowest BCUT2D eigenvalue weighted by atomic mass is 10.2. The maximum atomic E-state index is 12.8. The van der Waals surface area contributed by atoms with E-state index in [2.05, 4.69) is 10.3 Å². The van der Waals surface area contributed by atoms with Crippen molar-refractivity contribution in [2.45, 2.75) is 6.92 Å². The molecule has 0 aliphatic heterocycles. The lowest BCUT2D eigenvalue weighted by Gasteiger charge is -2.16. The van der Waals surface area contributed by atoms with Crippen molar-refractivity contribution in [3.63, 3.8) is 0 Å². The number of rotatable bonds is 4. The van der Waals surface area contributed by atoms with Gasteiger partial charge < -0.3 is 10.2 Å². The molecule has 2 aromatic rings. The van der Waals surface area contributed by atoms with E-state index in [1.165, 1.54) is 42.4 Å². The SMILES string of the molecule is Cc1ccc(C(=O)N(C)CC(=O)Nc2ccc(F)cc2)cn1. The Kier molecular flexibility index (Phi) is 4.83. The van der Waals surface area contributed by atoms with E-state index in [0.29, 0.717) is 11.3 Å². The summed E-state index contributed by atoms with van der Waals surface area (Å²) in [5.41, 5.74) is 1.71. The molecule has 2 amide bonds. The number of amides is 2. The average Bonchev–Trinajstić information content (AvgIpc) is 2.49. The maximum Gasteiger partial charge on any atom is 0.255 e. The number of aryl methyl sites for hydroxylation is 1. The quantitative estimate of drug-likeness (QED) is 0.942. The van der Waals surface area contributed by atoms with Gasteiger partial charge in [-0.3, -0.25) is 14.6 Å². The normalized spacial score (nSPS) is 10.1. The zero-order chi connectivity index (χ0) is 16.1. The van der Waals surface area contributed by atoms with Gasteiger partial charge in [0.1, 0.15) is 5.82 Å². The Labute approximate surface area is 127 Å². The number of carbonyl (C=O) groups is 2. The molecule has 0 aliphatic rings. The number of benzene rings is 1. The van der Waals surface area contributed by atoms with Crippen molar-refractivity contribution >= 4 is 17.5 Å². The van der Waals surface area contributed by atoms with E-state index < -0.39 is 0 Å². The largest absolute Gasteiger partial charge is 0.332 e. The highest BCUT2D eigenvalue weighted by molar-refractivity contribution is 5.99. The summed E-state index contributed by atoms with van der Waals surface area (Å²) >= 11 is 0. The topological polar surface area (TPSA) is 62.3 Å². The Balaban J connectivity index is 1.94. The van der Waals surface area contributed by atoms with Crippen molar-refractivity contribution in [2.24, 2.45) is 0 Å². The van der Waals surface area contributed by atoms with Crippen LogP contribution in [0, 0.1) is 12.7 Å². The van der Waals surface area contributed by atoms with E-state index in [9.17, 15) is 14.0 Å². The molecule has 1 N–H and O–H groups in total. The third-order valence-electron chi connectivity index (χ3n) is 3.01. The molecule has 0 saturated carbocycles. The Hall–Kier alpha value is -2.76. The first kappa shape index (κ1) is 15.6. The van der Waals surface area contributed by atoms with Crippen LogP contribution in [0.15, 0.2) is 42.6 Å². The van der Waals surface area contributed by atoms with E-state index >= 15 is 0 Å². The second kappa shape index (κ2) is 6.80. The summed E-state index contributed by atoms with van der Waals surface area (Å²) in [6.07, 6.45) is 1.48. The predicted molar refractivity (Wildman–Crippen MR) is 81.0 cm³/mol. The summed E-state index contributed by atoms with van der Waals surface area (Å²) in [7, 11) is 1.53. The number of nitrogens with one attached hydrogen (secondary N) is 1. The molecule has 1 aromatic heterocycles. The maximum absolute atomic E-state index is 12.8. The number of anilines is 1. The fraction of sp³-hybridized carbons (Fsp3) is 0.188. The van der Waals surface area contributed by atoms with Crippen LogP contribution in [0.5, 0.6) is 0 Å². The van der Waals surface area contributed by atoms with Crippen LogP contribution in [0.3, 0.4) is 0 Å². The van der Waals surface area contributed by atoms with E-state index in [1.54, 1.807) is 12.1 Å². The third kappa shape index (κ3) is 4.12. The van der Waals surface area contributed by atoms with Crippen molar-refractivity contribution in [1.82, 2.24) is 9.88 Å². The molecular weight excluding hydrogens is 285 g/mol. The molecule has 0 unspecified atom stereocenters. The van der Waals surface area contributed by atoms with Gasteiger partial charge in [0, 0.05) is 24.6 Å². The van der Waals surface area contributed by atoms with Crippen molar-refractivity contribution in [1.29, 1.82) is 0 Å². The van der Waals surface area contributed by atoms with Crippen LogP contribution in [0.25, 0.3) is 0 Å². The van der Waals surface area contributed by atoms with Crippen LogP contribution in [-0.4, -0.2) is 35.3 Å². The molecule has 1 heterocycles. The Morgan fingerprint density at radius 3 is 2.45 bits per heavy atom. The van der Waals surface area contributed by atoms with Gasteiger partial charge >= 0.3 is 0 Å². The van der Waals surface area contributed by atoms with Gasteiger partial charge in [0.2, 0.25) is 5.91 Å². The van der Waals surface area contributed by atoms with Gasteiger partial charge in [-0.1, -0.05) is 0 Å². The molecule has 22 heavy (non-hydrogen) atoms. The molecule has 1 aromatic carbocycles. The molecule has 0 atom stereocenters. The molecule has 5 nitrogen and oxygen atoms in total. The minimum absolute atomic E-state index is 0.107. The summed E-state index contributed by atoms with van der Waals surface area (Å²) in [5, 5.41) is 2.60.